The molecule has 0 unspecified atom stereocenters. The Labute approximate surface area is 75.5 Å². The van der Waals surface area contributed by atoms with E-state index in [-0.39, 0.29) is 11.6 Å². The number of carbonyl (C=O) groups is 2. The van der Waals surface area contributed by atoms with Gasteiger partial charge >= 0.3 is 0 Å². The number of hydrogen-bond donors (Lipinski definition) is 1. The van der Waals surface area contributed by atoms with Crippen LogP contribution < -0.4 is 0 Å². The Morgan fingerprint density at radius 3 is 2.62 bits per heavy atom. The fourth-order valence-electron chi connectivity index (χ4n) is 1.51. The van der Waals surface area contributed by atoms with Crippen LogP contribution in [0.4, 0.5) is 0 Å². The SMILES string of the molecule is CC1=CC(=O)c2[nH]c(C)cc2C1=O. The second-order valence-corrected chi connectivity index (χ2v) is 3.26. The van der Waals surface area contributed by atoms with Crippen molar-refractivity contribution in [3.05, 3.63) is 34.7 Å². The molecule has 3 heteroatoms. The first kappa shape index (κ1) is 7.98. The Balaban J connectivity index is 2.67. The number of aromatic nitrogens is 1. The summed E-state index contributed by atoms with van der Waals surface area (Å²) in [6.45, 7) is 3.49. The summed E-state index contributed by atoms with van der Waals surface area (Å²) in [5.74, 6) is -0.167. The molecule has 0 amide bonds. The zero-order valence-corrected chi connectivity index (χ0v) is 7.47. The number of Topliss-reactive ketones (excluding diaryl/α,β-unsaturated/α-hetero) is 1. The molecule has 0 radical (unpaired) electrons. The largest absolute Gasteiger partial charge is 0.355 e. The number of carbonyl (C=O) groups excluding carboxylic acids is 2. The number of rotatable bonds is 0. The van der Waals surface area contributed by atoms with Gasteiger partial charge in [-0.15, -0.1) is 0 Å². The third-order valence-electron chi connectivity index (χ3n) is 2.15. The number of aromatic amines is 1. The summed E-state index contributed by atoms with van der Waals surface area (Å²) in [7, 11) is 0. The summed E-state index contributed by atoms with van der Waals surface area (Å²) >= 11 is 0. The molecule has 1 N–H and O–H groups in total. The number of allylic oxidation sites excluding steroid dienone is 2. The molecule has 0 aromatic carbocycles. The monoisotopic (exact) mass is 175 g/mol. The van der Waals surface area contributed by atoms with Crippen molar-refractivity contribution in [1.29, 1.82) is 0 Å². The summed E-state index contributed by atoms with van der Waals surface area (Å²) in [6.07, 6.45) is 1.38. The highest BCUT2D eigenvalue weighted by molar-refractivity contribution is 6.23. The number of fused-ring (bicyclic) bond motifs is 1. The van der Waals surface area contributed by atoms with Crippen molar-refractivity contribution < 1.29 is 9.59 Å². The van der Waals surface area contributed by atoms with Gasteiger partial charge in [0.05, 0.1) is 11.3 Å². The highest BCUT2D eigenvalue weighted by Gasteiger charge is 2.24. The number of nitrogens with one attached hydrogen (secondary N) is 1. The van der Waals surface area contributed by atoms with Crippen LogP contribution in [0, 0.1) is 6.92 Å². The lowest BCUT2D eigenvalue weighted by Crippen LogP contribution is -2.13. The van der Waals surface area contributed by atoms with E-state index in [1.54, 1.807) is 13.0 Å². The predicted molar refractivity (Wildman–Crippen MR) is 47.9 cm³/mol. The zero-order chi connectivity index (χ0) is 9.59. The standard InChI is InChI=1S/C10H9NO2/c1-5-3-8(12)9-7(10(5)13)4-6(2)11-9/h3-4,11H,1-2H3. The van der Waals surface area contributed by atoms with Gasteiger partial charge in [-0.25, -0.2) is 0 Å². The molecular formula is C10H9NO2. The van der Waals surface area contributed by atoms with Crippen LogP contribution in [0.2, 0.25) is 0 Å². The predicted octanol–water partition coefficient (Wildman–Crippen LogP) is 1.65. The number of H-pyrrole nitrogens is 1. The highest BCUT2D eigenvalue weighted by atomic mass is 16.1. The average molecular weight is 175 g/mol. The topological polar surface area (TPSA) is 49.9 Å². The van der Waals surface area contributed by atoms with Crippen molar-refractivity contribution in [2.45, 2.75) is 13.8 Å². The Morgan fingerprint density at radius 2 is 1.92 bits per heavy atom. The van der Waals surface area contributed by atoms with Crippen LogP contribution in [0.1, 0.15) is 33.5 Å². The average Bonchev–Trinajstić information content (AvgIpc) is 2.44. The fraction of sp³-hybridized carbons (Fsp3) is 0.200. The maximum atomic E-state index is 11.5. The smallest absolute Gasteiger partial charge is 0.203 e. The molecule has 0 bridgehead atoms. The van der Waals surface area contributed by atoms with Crippen LogP contribution in [0.5, 0.6) is 0 Å². The first-order chi connectivity index (χ1) is 6.09. The van der Waals surface area contributed by atoms with Crippen molar-refractivity contribution in [2.24, 2.45) is 0 Å². The molecule has 1 aliphatic carbocycles. The minimum absolute atomic E-state index is 0.0565. The number of aryl methyl sites for hydroxylation is 1. The molecule has 0 aliphatic heterocycles. The van der Waals surface area contributed by atoms with Crippen LogP contribution in [0.3, 0.4) is 0 Å². The quantitative estimate of drug-likeness (QED) is 0.651. The maximum Gasteiger partial charge on any atom is 0.203 e. The molecule has 2 rings (SSSR count). The minimum atomic E-state index is -0.111. The third-order valence-corrected chi connectivity index (χ3v) is 2.15. The minimum Gasteiger partial charge on any atom is -0.355 e. The maximum absolute atomic E-state index is 11.5. The van der Waals surface area contributed by atoms with Gasteiger partial charge in [-0.3, -0.25) is 9.59 Å². The lowest BCUT2D eigenvalue weighted by Gasteiger charge is -2.06. The van der Waals surface area contributed by atoms with Crippen molar-refractivity contribution in [1.82, 2.24) is 4.98 Å². The molecule has 0 fully saturated rings. The molecule has 3 nitrogen and oxygen atoms in total. The Bertz CT molecular complexity index is 438. The zero-order valence-electron chi connectivity index (χ0n) is 7.47. The van der Waals surface area contributed by atoms with Crippen LogP contribution in [-0.2, 0) is 0 Å². The first-order valence-corrected chi connectivity index (χ1v) is 4.06. The van der Waals surface area contributed by atoms with Gasteiger partial charge in [0.15, 0.2) is 5.78 Å². The number of hydrogen-bond acceptors (Lipinski definition) is 2. The van der Waals surface area contributed by atoms with Crippen LogP contribution in [0.15, 0.2) is 17.7 Å². The van der Waals surface area contributed by atoms with Gasteiger partial charge in [0.2, 0.25) is 5.78 Å². The van der Waals surface area contributed by atoms with Gasteiger partial charge in [-0.1, -0.05) is 0 Å². The van der Waals surface area contributed by atoms with Gasteiger partial charge in [-0.05, 0) is 26.0 Å². The van der Waals surface area contributed by atoms with Crippen LogP contribution in [-0.4, -0.2) is 16.6 Å². The molecular weight excluding hydrogens is 166 g/mol. The normalized spacial score (nSPS) is 15.7. The van der Waals surface area contributed by atoms with E-state index in [0.29, 0.717) is 16.8 Å². The van der Waals surface area contributed by atoms with Crippen molar-refractivity contribution >= 4 is 11.6 Å². The van der Waals surface area contributed by atoms with Gasteiger partial charge in [0.1, 0.15) is 0 Å². The second-order valence-electron chi connectivity index (χ2n) is 3.26. The Morgan fingerprint density at radius 1 is 1.23 bits per heavy atom. The molecule has 0 saturated heterocycles. The molecule has 1 aromatic heterocycles. The molecule has 13 heavy (non-hydrogen) atoms. The van der Waals surface area contributed by atoms with E-state index < -0.39 is 0 Å². The molecule has 66 valence electrons. The summed E-state index contributed by atoms with van der Waals surface area (Å²) in [5.41, 5.74) is 2.28. The van der Waals surface area contributed by atoms with Gasteiger partial charge in [-0.2, -0.15) is 0 Å². The second kappa shape index (κ2) is 2.42. The molecule has 1 heterocycles. The Hall–Kier alpha value is -1.64. The molecule has 0 saturated carbocycles. The molecule has 0 spiro atoms. The van der Waals surface area contributed by atoms with Gasteiger partial charge < -0.3 is 4.98 Å². The Kier molecular flexibility index (Phi) is 1.49. The van der Waals surface area contributed by atoms with Crippen molar-refractivity contribution in [3.8, 4) is 0 Å². The summed E-state index contributed by atoms with van der Waals surface area (Å²) in [4.78, 5) is 25.8. The van der Waals surface area contributed by atoms with E-state index in [2.05, 4.69) is 4.98 Å². The van der Waals surface area contributed by atoms with E-state index >= 15 is 0 Å². The first-order valence-electron chi connectivity index (χ1n) is 4.06. The number of ketones is 2. The van der Waals surface area contributed by atoms with E-state index in [9.17, 15) is 9.59 Å². The van der Waals surface area contributed by atoms with E-state index in [1.165, 1.54) is 6.08 Å². The fourth-order valence-corrected chi connectivity index (χ4v) is 1.51. The molecule has 0 atom stereocenters. The summed E-state index contributed by atoms with van der Waals surface area (Å²) in [6, 6.07) is 1.71. The van der Waals surface area contributed by atoms with Crippen LogP contribution >= 0.6 is 0 Å². The molecule has 1 aromatic rings. The summed E-state index contributed by atoms with van der Waals surface area (Å²) in [5, 5.41) is 0. The lowest BCUT2D eigenvalue weighted by molar-refractivity contribution is 0.0982. The van der Waals surface area contributed by atoms with Crippen molar-refractivity contribution in [2.75, 3.05) is 0 Å². The van der Waals surface area contributed by atoms with E-state index in [1.807, 2.05) is 6.92 Å². The summed E-state index contributed by atoms with van der Waals surface area (Å²) < 4.78 is 0. The lowest BCUT2D eigenvalue weighted by atomic mass is 9.96. The van der Waals surface area contributed by atoms with E-state index in [4.69, 9.17) is 0 Å². The van der Waals surface area contributed by atoms with Crippen LogP contribution in [0.25, 0.3) is 0 Å². The van der Waals surface area contributed by atoms with Gasteiger partial charge in [0.25, 0.3) is 0 Å². The third kappa shape index (κ3) is 1.04. The molecule has 1 aliphatic rings. The van der Waals surface area contributed by atoms with Gasteiger partial charge in [0, 0.05) is 11.3 Å². The highest BCUT2D eigenvalue weighted by Crippen LogP contribution is 2.21. The van der Waals surface area contributed by atoms with E-state index in [0.717, 1.165) is 5.69 Å². The van der Waals surface area contributed by atoms with Crippen molar-refractivity contribution in [3.63, 3.8) is 0 Å².